The van der Waals surface area contributed by atoms with Gasteiger partial charge in [-0.1, -0.05) is 0 Å². The molecule has 0 amide bonds. The minimum atomic E-state index is -0.672. The molecule has 2 heterocycles. The molecule has 1 spiro atoms. The highest BCUT2D eigenvalue weighted by Crippen LogP contribution is 2.57. The minimum Gasteiger partial charge on any atom is -0.396 e. The third kappa shape index (κ3) is 2.22. The summed E-state index contributed by atoms with van der Waals surface area (Å²) >= 11 is 0. The number of nitrogen functional groups attached to an aromatic ring is 1. The number of hydrogen-bond acceptors (Lipinski definition) is 5. The maximum Gasteiger partial charge on any atom is 0.350 e. The van der Waals surface area contributed by atoms with Crippen LogP contribution in [0.4, 0.5) is 10.1 Å². The third-order valence-corrected chi connectivity index (χ3v) is 6.72. The fourth-order valence-electron chi connectivity index (χ4n) is 4.90. The quantitative estimate of drug-likeness (QED) is 0.778. The number of halogens is 1. The van der Waals surface area contributed by atoms with Gasteiger partial charge in [0.05, 0.1) is 16.6 Å². The number of aliphatic hydroxyl groups excluding tert-OH is 1. The molecular formula is C19H23FN4O3. The molecule has 7 nitrogen and oxygen atoms in total. The van der Waals surface area contributed by atoms with Gasteiger partial charge in [-0.3, -0.25) is 9.36 Å². The molecule has 1 aliphatic heterocycles. The predicted molar refractivity (Wildman–Crippen MR) is 100 cm³/mol. The summed E-state index contributed by atoms with van der Waals surface area (Å²) in [5.74, 6) is 5.32. The molecule has 2 aromatic rings. The molecule has 0 radical (unpaired) electrons. The third-order valence-electron chi connectivity index (χ3n) is 6.72. The van der Waals surface area contributed by atoms with Crippen LogP contribution >= 0.6 is 0 Å². The second kappa shape index (κ2) is 5.34. The van der Waals surface area contributed by atoms with Crippen molar-refractivity contribution in [1.29, 1.82) is 0 Å². The Morgan fingerprint density at radius 3 is 2.59 bits per heavy atom. The average Bonchev–Trinajstić information content (AvgIpc) is 3.54. The lowest BCUT2D eigenvalue weighted by Crippen LogP contribution is -2.44. The molecule has 3 fully saturated rings. The molecule has 1 atom stereocenters. The highest BCUT2D eigenvalue weighted by Gasteiger charge is 2.55. The SMILES string of the molecule is Cc1c(N2CC(CO)C3(CC3)C2)c(F)cc2c(=O)n(N)c(=O)n(C3CC3)c12. The lowest BCUT2D eigenvalue weighted by molar-refractivity contribution is 0.197. The number of rotatable bonds is 3. The first-order valence-electron chi connectivity index (χ1n) is 9.49. The van der Waals surface area contributed by atoms with E-state index in [4.69, 9.17) is 5.84 Å². The highest BCUT2D eigenvalue weighted by molar-refractivity contribution is 5.87. The maximum atomic E-state index is 15.1. The molecule has 1 aromatic carbocycles. The molecule has 2 saturated carbocycles. The van der Waals surface area contributed by atoms with Crippen LogP contribution in [-0.2, 0) is 0 Å². The average molecular weight is 374 g/mol. The number of nitrogens with two attached hydrogens (primary N) is 1. The number of benzene rings is 1. The predicted octanol–water partition coefficient (Wildman–Crippen LogP) is 0.868. The van der Waals surface area contributed by atoms with Crippen molar-refractivity contribution in [3.8, 4) is 0 Å². The van der Waals surface area contributed by atoms with Gasteiger partial charge >= 0.3 is 5.69 Å². The van der Waals surface area contributed by atoms with Crippen LogP contribution in [0, 0.1) is 24.1 Å². The molecule has 1 saturated heterocycles. The van der Waals surface area contributed by atoms with E-state index in [1.54, 1.807) is 11.5 Å². The van der Waals surface area contributed by atoms with Crippen molar-refractivity contribution in [2.45, 2.75) is 38.6 Å². The summed E-state index contributed by atoms with van der Waals surface area (Å²) in [5.41, 5.74) is 0.383. The van der Waals surface area contributed by atoms with E-state index >= 15 is 4.39 Å². The van der Waals surface area contributed by atoms with Gasteiger partial charge in [0.2, 0.25) is 0 Å². The van der Waals surface area contributed by atoms with Crippen LogP contribution in [0.5, 0.6) is 0 Å². The fraction of sp³-hybridized carbons (Fsp3) is 0.579. The van der Waals surface area contributed by atoms with E-state index in [2.05, 4.69) is 0 Å². The summed E-state index contributed by atoms with van der Waals surface area (Å²) in [7, 11) is 0. The number of anilines is 1. The Kier molecular flexibility index (Phi) is 3.32. The normalized spacial score (nSPS) is 23.5. The zero-order valence-corrected chi connectivity index (χ0v) is 15.2. The van der Waals surface area contributed by atoms with Crippen molar-refractivity contribution < 1.29 is 9.50 Å². The lowest BCUT2D eigenvalue weighted by Gasteiger charge is -2.24. The Labute approximate surface area is 154 Å². The molecule has 1 unspecified atom stereocenters. The summed E-state index contributed by atoms with van der Waals surface area (Å²) in [5, 5.41) is 9.86. The van der Waals surface area contributed by atoms with Gasteiger partial charge in [0.25, 0.3) is 5.56 Å². The van der Waals surface area contributed by atoms with E-state index in [1.807, 2.05) is 4.90 Å². The van der Waals surface area contributed by atoms with Gasteiger partial charge in [-0.05, 0) is 44.1 Å². The molecule has 3 aliphatic rings. The van der Waals surface area contributed by atoms with Crippen LogP contribution in [-0.4, -0.2) is 34.0 Å². The second-order valence-electron chi connectivity index (χ2n) is 8.41. The van der Waals surface area contributed by atoms with E-state index in [-0.39, 0.29) is 29.4 Å². The number of aryl methyl sites for hydroxylation is 1. The Balaban J connectivity index is 1.76. The van der Waals surface area contributed by atoms with Gasteiger partial charge in [-0.25, -0.2) is 9.18 Å². The van der Waals surface area contributed by atoms with Crippen LogP contribution < -0.4 is 22.0 Å². The molecule has 3 N–H and O–H groups in total. The molecule has 144 valence electrons. The molecule has 1 aromatic heterocycles. The fourth-order valence-corrected chi connectivity index (χ4v) is 4.90. The number of aromatic nitrogens is 2. The highest BCUT2D eigenvalue weighted by atomic mass is 19.1. The van der Waals surface area contributed by atoms with Crippen molar-refractivity contribution in [3.05, 3.63) is 38.3 Å². The van der Waals surface area contributed by atoms with Gasteiger partial charge in [0, 0.05) is 37.2 Å². The number of nitrogens with zero attached hydrogens (tertiary/aromatic N) is 3. The van der Waals surface area contributed by atoms with E-state index < -0.39 is 17.1 Å². The van der Waals surface area contributed by atoms with Crippen LogP contribution in [0.3, 0.4) is 0 Å². The topological polar surface area (TPSA) is 93.5 Å². The lowest BCUT2D eigenvalue weighted by atomic mass is 9.94. The molecular weight excluding hydrogens is 351 g/mol. The Morgan fingerprint density at radius 2 is 2.04 bits per heavy atom. The van der Waals surface area contributed by atoms with Crippen molar-refractivity contribution in [3.63, 3.8) is 0 Å². The second-order valence-corrected chi connectivity index (χ2v) is 8.41. The van der Waals surface area contributed by atoms with Gasteiger partial charge in [0.15, 0.2) is 0 Å². The number of aliphatic hydroxyl groups is 1. The Hall–Kier alpha value is -2.35. The first kappa shape index (κ1) is 16.8. The maximum absolute atomic E-state index is 15.1. The monoisotopic (exact) mass is 374 g/mol. The van der Waals surface area contributed by atoms with Crippen molar-refractivity contribution in [2.24, 2.45) is 11.3 Å². The van der Waals surface area contributed by atoms with Crippen molar-refractivity contribution >= 4 is 16.6 Å². The van der Waals surface area contributed by atoms with Crippen LogP contribution in [0.25, 0.3) is 10.9 Å². The molecule has 2 aliphatic carbocycles. The van der Waals surface area contributed by atoms with E-state index in [0.717, 1.165) is 25.7 Å². The summed E-state index contributed by atoms with van der Waals surface area (Å²) in [4.78, 5) is 27.1. The largest absolute Gasteiger partial charge is 0.396 e. The summed E-state index contributed by atoms with van der Waals surface area (Å²) in [6.45, 7) is 3.14. The summed E-state index contributed by atoms with van der Waals surface area (Å²) in [6.07, 6.45) is 3.79. The first-order valence-corrected chi connectivity index (χ1v) is 9.49. The van der Waals surface area contributed by atoms with Crippen molar-refractivity contribution in [1.82, 2.24) is 9.24 Å². The van der Waals surface area contributed by atoms with Gasteiger partial charge in [0.1, 0.15) is 5.82 Å². The summed E-state index contributed by atoms with van der Waals surface area (Å²) < 4.78 is 17.3. The standard InChI is InChI=1S/C19H23FN4O3/c1-10-15-13(17(26)24(21)18(27)23(15)12-2-3-12)6-14(20)16(10)22-7-11(8-25)19(9-22)4-5-19/h6,11-12,25H,2-5,7-9,21H2,1H3. The zero-order valence-electron chi connectivity index (χ0n) is 15.2. The summed E-state index contributed by atoms with van der Waals surface area (Å²) in [6, 6.07) is 1.22. The van der Waals surface area contributed by atoms with Crippen LogP contribution in [0.2, 0.25) is 0 Å². The minimum absolute atomic E-state index is 0.00551. The smallest absolute Gasteiger partial charge is 0.350 e. The number of fused-ring (bicyclic) bond motifs is 1. The molecule has 5 rings (SSSR count). The molecule has 0 bridgehead atoms. The zero-order chi connectivity index (χ0) is 19.1. The Bertz CT molecular complexity index is 1080. The Morgan fingerprint density at radius 1 is 1.33 bits per heavy atom. The molecule has 27 heavy (non-hydrogen) atoms. The first-order chi connectivity index (χ1) is 12.9. The van der Waals surface area contributed by atoms with Gasteiger partial charge < -0.3 is 15.8 Å². The number of hydrogen-bond donors (Lipinski definition) is 2. The van der Waals surface area contributed by atoms with Gasteiger partial charge in [-0.15, -0.1) is 0 Å². The van der Waals surface area contributed by atoms with Crippen LogP contribution in [0.1, 0.15) is 37.3 Å². The van der Waals surface area contributed by atoms with E-state index in [0.29, 0.717) is 34.5 Å². The van der Waals surface area contributed by atoms with Gasteiger partial charge in [-0.2, -0.15) is 4.68 Å². The van der Waals surface area contributed by atoms with Crippen LogP contribution in [0.15, 0.2) is 15.7 Å². The van der Waals surface area contributed by atoms with Crippen molar-refractivity contribution in [2.75, 3.05) is 30.4 Å². The molecule has 8 heteroatoms. The van der Waals surface area contributed by atoms with E-state index in [9.17, 15) is 14.7 Å². The van der Waals surface area contributed by atoms with E-state index in [1.165, 1.54) is 6.07 Å².